The molecule has 0 unspecified atom stereocenters. The number of aromatic nitrogens is 1. The zero-order valence-electron chi connectivity index (χ0n) is 14.6. The van der Waals surface area contributed by atoms with Crippen molar-refractivity contribution in [3.05, 3.63) is 24.0 Å². The number of amides is 2. The van der Waals surface area contributed by atoms with Crippen LogP contribution in [0.1, 0.15) is 53.5 Å². The third kappa shape index (κ3) is 6.10. The molecule has 1 heterocycles. The van der Waals surface area contributed by atoms with Gasteiger partial charge in [0.05, 0.1) is 11.9 Å². The van der Waals surface area contributed by atoms with Crippen LogP contribution in [-0.4, -0.2) is 28.4 Å². The maximum absolute atomic E-state index is 12.9. The van der Waals surface area contributed by atoms with Gasteiger partial charge in [0, 0.05) is 11.8 Å². The van der Waals surface area contributed by atoms with Crippen LogP contribution >= 0.6 is 0 Å². The average molecular weight is 344 g/mol. The SMILES string of the molecule is CC(C)(C)OC(=O)N(C(=O)OC(C)(C)C)c1cncc(C(F)F)c1. The van der Waals surface area contributed by atoms with E-state index in [1.54, 1.807) is 41.5 Å². The number of anilines is 1. The maximum atomic E-state index is 12.9. The monoisotopic (exact) mass is 344 g/mol. The van der Waals surface area contributed by atoms with Gasteiger partial charge in [0.1, 0.15) is 11.2 Å². The molecule has 8 heteroatoms. The van der Waals surface area contributed by atoms with Gasteiger partial charge in [-0.1, -0.05) is 0 Å². The molecule has 0 saturated carbocycles. The lowest BCUT2D eigenvalue weighted by molar-refractivity contribution is 0.0430. The number of hydrogen-bond acceptors (Lipinski definition) is 5. The van der Waals surface area contributed by atoms with Crippen molar-refractivity contribution < 1.29 is 27.8 Å². The molecule has 0 radical (unpaired) electrons. The fourth-order valence-corrected chi connectivity index (χ4v) is 1.59. The summed E-state index contributed by atoms with van der Waals surface area (Å²) >= 11 is 0. The first kappa shape index (κ1) is 19.8. The molecule has 0 N–H and O–H groups in total. The number of imide groups is 1. The summed E-state index contributed by atoms with van der Waals surface area (Å²) in [5.74, 6) is 0. The molecule has 0 aromatic carbocycles. The lowest BCUT2D eigenvalue weighted by atomic mass is 10.2. The van der Waals surface area contributed by atoms with Gasteiger partial charge in [-0.25, -0.2) is 18.4 Å². The van der Waals surface area contributed by atoms with Crippen LogP contribution < -0.4 is 4.90 Å². The van der Waals surface area contributed by atoms with Gasteiger partial charge < -0.3 is 9.47 Å². The highest BCUT2D eigenvalue weighted by atomic mass is 19.3. The molecule has 134 valence electrons. The van der Waals surface area contributed by atoms with E-state index in [0.717, 1.165) is 18.5 Å². The van der Waals surface area contributed by atoms with E-state index in [0.29, 0.717) is 4.90 Å². The van der Waals surface area contributed by atoms with Crippen molar-refractivity contribution in [2.45, 2.75) is 59.2 Å². The molecule has 1 rings (SSSR count). The summed E-state index contributed by atoms with van der Waals surface area (Å²) in [5.41, 5.74) is -2.35. The summed E-state index contributed by atoms with van der Waals surface area (Å²) in [7, 11) is 0. The van der Waals surface area contributed by atoms with Crippen LogP contribution in [0.2, 0.25) is 0 Å². The molecule has 0 bridgehead atoms. The Morgan fingerprint density at radius 2 is 1.46 bits per heavy atom. The fourth-order valence-electron chi connectivity index (χ4n) is 1.59. The maximum Gasteiger partial charge on any atom is 0.424 e. The molecule has 0 saturated heterocycles. The van der Waals surface area contributed by atoms with Crippen LogP contribution in [0.5, 0.6) is 0 Å². The summed E-state index contributed by atoms with van der Waals surface area (Å²) in [6.07, 6.45) is -2.80. The Morgan fingerprint density at radius 1 is 1.00 bits per heavy atom. The zero-order valence-corrected chi connectivity index (χ0v) is 14.6. The lowest BCUT2D eigenvalue weighted by Gasteiger charge is -2.28. The minimum absolute atomic E-state index is 0.156. The van der Waals surface area contributed by atoms with E-state index in [-0.39, 0.29) is 5.69 Å². The van der Waals surface area contributed by atoms with Gasteiger partial charge in [-0.05, 0) is 47.6 Å². The van der Waals surface area contributed by atoms with Crippen LogP contribution in [0.4, 0.5) is 24.1 Å². The van der Waals surface area contributed by atoms with E-state index in [4.69, 9.17) is 9.47 Å². The van der Waals surface area contributed by atoms with E-state index < -0.39 is 35.4 Å². The molecule has 0 fully saturated rings. The average Bonchev–Trinajstić information content (AvgIpc) is 2.34. The Balaban J connectivity index is 3.25. The highest BCUT2D eigenvalue weighted by molar-refractivity contribution is 6.09. The van der Waals surface area contributed by atoms with Crippen molar-refractivity contribution in [1.29, 1.82) is 0 Å². The Hall–Kier alpha value is -2.25. The van der Waals surface area contributed by atoms with E-state index in [1.807, 2.05) is 0 Å². The number of ether oxygens (including phenoxy) is 2. The molecule has 0 aliphatic rings. The second-order valence-electron chi connectivity index (χ2n) is 7.07. The van der Waals surface area contributed by atoms with Crippen molar-refractivity contribution in [2.24, 2.45) is 0 Å². The molecule has 0 aliphatic carbocycles. The first-order valence-electron chi connectivity index (χ1n) is 7.29. The lowest BCUT2D eigenvalue weighted by Crippen LogP contribution is -2.43. The number of alkyl halides is 2. The van der Waals surface area contributed by atoms with Gasteiger partial charge in [-0.2, -0.15) is 4.90 Å². The summed E-state index contributed by atoms with van der Waals surface area (Å²) in [6, 6.07) is 0.992. The van der Waals surface area contributed by atoms with E-state index in [1.165, 1.54) is 0 Å². The Kier molecular flexibility index (Phi) is 5.86. The van der Waals surface area contributed by atoms with Gasteiger partial charge in [-0.3, -0.25) is 4.98 Å². The standard InChI is InChI=1S/C16H22F2N2O4/c1-15(2,3)23-13(21)20(14(22)24-16(4,5)6)11-7-10(12(17)18)8-19-9-11/h7-9,12H,1-6H3. The number of nitrogens with zero attached hydrogens (tertiary/aromatic N) is 2. The Labute approximate surface area is 139 Å². The number of carbonyl (C=O) groups excluding carboxylic acids is 2. The van der Waals surface area contributed by atoms with Crippen molar-refractivity contribution in [3.63, 3.8) is 0 Å². The largest absolute Gasteiger partial charge is 0.443 e. The summed E-state index contributed by atoms with van der Waals surface area (Å²) in [6.45, 7) is 9.70. The molecule has 0 aliphatic heterocycles. The van der Waals surface area contributed by atoms with Gasteiger partial charge in [0.2, 0.25) is 0 Å². The predicted molar refractivity (Wildman–Crippen MR) is 84.1 cm³/mol. The number of halogens is 2. The highest BCUT2D eigenvalue weighted by Gasteiger charge is 2.33. The quantitative estimate of drug-likeness (QED) is 0.778. The molecule has 1 aromatic heterocycles. The molecule has 24 heavy (non-hydrogen) atoms. The van der Waals surface area contributed by atoms with Crippen molar-refractivity contribution in [2.75, 3.05) is 4.90 Å². The third-order valence-corrected chi connectivity index (χ3v) is 2.41. The van der Waals surface area contributed by atoms with E-state index in [2.05, 4.69) is 4.98 Å². The van der Waals surface area contributed by atoms with Crippen molar-refractivity contribution >= 4 is 17.9 Å². The molecule has 0 atom stereocenters. The van der Waals surface area contributed by atoms with Crippen LogP contribution in [0.25, 0.3) is 0 Å². The smallest absolute Gasteiger partial charge is 0.424 e. The van der Waals surface area contributed by atoms with Crippen molar-refractivity contribution in [3.8, 4) is 0 Å². The minimum Gasteiger partial charge on any atom is -0.443 e. The van der Waals surface area contributed by atoms with E-state index in [9.17, 15) is 18.4 Å². The number of rotatable bonds is 2. The van der Waals surface area contributed by atoms with Crippen molar-refractivity contribution in [1.82, 2.24) is 4.98 Å². The molecule has 1 aromatic rings. The highest BCUT2D eigenvalue weighted by Crippen LogP contribution is 2.25. The van der Waals surface area contributed by atoms with Crippen LogP contribution in [0.15, 0.2) is 18.5 Å². The normalized spacial score (nSPS) is 12.0. The Morgan fingerprint density at radius 3 is 1.83 bits per heavy atom. The van der Waals surface area contributed by atoms with Gasteiger partial charge in [0.25, 0.3) is 6.43 Å². The topological polar surface area (TPSA) is 68.7 Å². The van der Waals surface area contributed by atoms with Gasteiger partial charge in [0.15, 0.2) is 0 Å². The Bertz CT molecular complexity index is 579. The fraction of sp³-hybridized carbons (Fsp3) is 0.562. The second kappa shape index (κ2) is 7.11. The predicted octanol–water partition coefficient (Wildman–Crippen LogP) is 4.70. The number of hydrogen-bond donors (Lipinski definition) is 0. The molecule has 0 spiro atoms. The van der Waals surface area contributed by atoms with E-state index >= 15 is 0 Å². The molecule has 2 amide bonds. The molecular formula is C16H22F2N2O4. The molecular weight excluding hydrogens is 322 g/mol. The number of pyridine rings is 1. The second-order valence-corrected chi connectivity index (χ2v) is 7.07. The number of carbonyl (C=O) groups is 2. The summed E-state index contributed by atoms with van der Waals surface area (Å²) in [4.78, 5) is 28.9. The van der Waals surface area contributed by atoms with Gasteiger partial charge in [-0.15, -0.1) is 0 Å². The minimum atomic E-state index is -2.79. The summed E-state index contributed by atoms with van der Waals surface area (Å²) in [5, 5.41) is 0. The first-order valence-corrected chi connectivity index (χ1v) is 7.29. The summed E-state index contributed by atoms with van der Waals surface area (Å²) < 4.78 is 36.1. The van der Waals surface area contributed by atoms with Crippen LogP contribution in [0, 0.1) is 0 Å². The zero-order chi connectivity index (χ0) is 18.7. The van der Waals surface area contributed by atoms with Crippen LogP contribution in [-0.2, 0) is 9.47 Å². The van der Waals surface area contributed by atoms with Gasteiger partial charge >= 0.3 is 12.2 Å². The molecule has 6 nitrogen and oxygen atoms in total. The third-order valence-electron chi connectivity index (χ3n) is 2.41. The first-order chi connectivity index (χ1) is 10.8. The van der Waals surface area contributed by atoms with Crippen LogP contribution in [0.3, 0.4) is 0 Å².